The van der Waals surface area contributed by atoms with Crippen molar-refractivity contribution in [3.05, 3.63) is 59.1 Å². The van der Waals surface area contributed by atoms with Crippen LogP contribution in [-0.2, 0) is 6.42 Å². The average molecular weight is 309 g/mol. The molecule has 2 nitrogen and oxygen atoms in total. The SMILES string of the molecule is Fc1ccccc1-n1c(CCCl)nc2ccc(Cl)cc21. The minimum absolute atomic E-state index is 0.303. The zero-order valence-corrected chi connectivity index (χ0v) is 12.0. The van der Waals surface area contributed by atoms with Gasteiger partial charge in [0.25, 0.3) is 0 Å². The number of fused-ring (bicyclic) bond motifs is 1. The van der Waals surface area contributed by atoms with E-state index in [1.54, 1.807) is 34.9 Å². The molecular formula is C15H11Cl2FN2. The number of aromatic nitrogens is 2. The third kappa shape index (κ3) is 2.28. The molecule has 0 aliphatic heterocycles. The number of benzene rings is 2. The fraction of sp³-hybridized carbons (Fsp3) is 0.133. The summed E-state index contributed by atoms with van der Waals surface area (Å²) in [6, 6.07) is 12.0. The summed E-state index contributed by atoms with van der Waals surface area (Å²) >= 11 is 11.9. The summed E-state index contributed by atoms with van der Waals surface area (Å²) in [7, 11) is 0. The molecule has 2 aromatic carbocycles. The van der Waals surface area contributed by atoms with Crippen LogP contribution in [-0.4, -0.2) is 15.4 Å². The van der Waals surface area contributed by atoms with Crippen molar-refractivity contribution in [3.8, 4) is 5.69 Å². The van der Waals surface area contributed by atoms with Gasteiger partial charge in [-0.05, 0) is 30.3 Å². The highest BCUT2D eigenvalue weighted by Crippen LogP contribution is 2.26. The third-order valence-corrected chi connectivity index (χ3v) is 3.52. The number of halogens is 3. The first-order valence-corrected chi connectivity index (χ1v) is 7.09. The summed E-state index contributed by atoms with van der Waals surface area (Å²) in [5.41, 5.74) is 2.01. The monoisotopic (exact) mass is 308 g/mol. The Morgan fingerprint density at radius 1 is 1.15 bits per heavy atom. The molecule has 0 atom stereocenters. The number of rotatable bonds is 3. The van der Waals surface area contributed by atoms with Crippen molar-refractivity contribution >= 4 is 34.2 Å². The molecule has 0 aliphatic rings. The van der Waals surface area contributed by atoms with Gasteiger partial charge in [0, 0.05) is 17.3 Å². The van der Waals surface area contributed by atoms with Gasteiger partial charge in [0.1, 0.15) is 11.6 Å². The van der Waals surface area contributed by atoms with Gasteiger partial charge in [0.2, 0.25) is 0 Å². The Hall–Kier alpha value is -1.58. The minimum Gasteiger partial charge on any atom is -0.293 e. The van der Waals surface area contributed by atoms with Gasteiger partial charge in [-0.2, -0.15) is 0 Å². The molecule has 0 radical (unpaired) electrons. The van der Waals surface area contributed by atoms with E-state index in [1.807, 2.05) is 6.07 Å². The van der Waals surface area contributed by atoms with Crippen molar-refractivity contribution < 1.29 is 4.39 Å². The zero-order valence-electron chi connectivity index (χ0n) is 10.5. The van der Waals surface area contributed by atoms with E-state index in [0.717, 1.165) is 16.9 Å². The molecule has 5 heteroatoms. The van der Waals surface area contributed by atoms with E-state index in [9.17, 15) is 4.39 Å². The molecule has 0 fully saturated rings. The third-order valence-electron chi connectivity index (χ3n) is 3.10. The van der Waals surface area contributed by atoms with Crippen LogP contribution in [0.15, 0.2) is 42.5 Å². The van der Waals surface area contributed by atoms with Gasteiger partial charge in [-0.25, -0.2) is 9.37 Å². The lowest BCUT2D eigenvalue weighted by Gasteiger charge is -2.09. The second kappa shape index (κ2) is 5.43. The van der Waals surface area contributed by atoms with Gasteiger partial charge in [-0.3, -0.25) is 4.57 Å². The molecule has 20 heavy (non-hydrogen) atoms. The van der Waals surface area contributed by atoms with Gasteiger partial charge in [-0.15, -0.1) is 11.6 Å². The molecule has 0 aliphatic carbocycles. The Morgan fingerprint density at radius 2 is 1.95 bits per heavy atom. The molecule has 0 N–H and O–H groups in total. The number of para-hydroxylation sites is 1. The van der Waals surface area contributed by atoms with E-state index in [2.05, 4.69) is 4.98 Å². The summed E-state index contributed by atoms with van der Waals surface area (Å²) < 4.78 is 15.9. The number of alkyl halides is 1. The predicted molar refractivity (Wildman–Crippen MR) is 80.5 cm³/mol. The Labute approximate surface area is 125 Å². The number of hydrogen-bond donors (Lipinski definition) is 0. The topological polar surface area (TPSA) is 17.8 Å². The Balaban J connectivity index is 2.34. The summed E-state index contributed by atoms with van der Waals surface area (Å²) in [4.78, 5) is 4.51. The summed E-state index contributed by atoms with van der Waals surface area (Å²) in [6.45, 7) is 0. The van der Waals surface area contributed by atoms with E-state index in [1.165, 1.54) is 6.07 Å². The second-order valence-corrected chi connectivity index (χ2v) is 5.20. The van der Waals surface area contributed by atoms with Gasteiger partial charge in [0.15, 0.2) is 0 Å². The van der Waals surface area contributed by atoms with Crippen molar-refractivity contribution in [1.29, 1.82) is 0 Å². The summed E-state index contributed by atoms with van der Waals surface area (Å²) in [5, 5.41) is 0.590. The molecular weight excluding hydrogens is 298 g/mol. The quantitative estimate of drug-likeness (QED) is 0.647. The van der Waals surface area contributed by atoms with Crippen LogP contribution in [0, 0.1) is 5.82 Å². The highest BCUT2D eigenvalue weighted by molar-refractivity contribution is 6.31. The van der Waals surface area contributed by atoms with Crippen LogP contribution in [0.5, 0.6) is 0 Å². The van der Waals surface area contributed by atoms with E-state index < -0.39 is 0 Å². The van der Waals surface area contributed by atoms with Crippen LogP contribution in [0.2, 0.25) is 5.02 Å². The van der Waals surface area contributed by atoms with Gasteiger partial charge >= 0.3 is 0 Å². The van der Waals surface area contributed by atoms with Crippen LogP contribution < -0.4 is 0 Å². The van der Waals surface area contributed by atoms with Crippen molar-refractivity contribution in [2.45, 2.75) is 6.42 Å². The van der Waals surface area contributed by atoms with Crippen LogP contribution in [0.4, 0.5) is 4.39 Å². The molecule has 0 saturated carbocycles. The number of nitrogens with zero attached hydrogens (tertiary/aromatic N) is 2. The smallest absolute Gasteiger partial charge is 0.147 e. The molecule has 102 valence electrons. The Morgan fingerprint density at radius 3 is 2.70 bits per heavy atom. The first-order chi connectivity index (χ1) is 9.70. The van der Waals surface area contributed by atoms with E-state index in [0.29, 0.717) is 23.0 Å². The summed E-state index contributed by atoms with van der Waals surface area (Å²) in [6.07, 6.45) is 0.558. The van der Waals surface area contributed by atoms with Crippen LogP contribution in [0.3, 0.4) is 0 Å². The van der Waals surface area contributed by atoms with Crippen LogP contribution in [0.1, 0.15) is 5.82 Å². The molecule has 0 saturated heterocycles. The lowest BCUT2D eigenvalue weighted by atomic mass is 10.2. The van der Waals surface area contributed by atoms with Crippen molar-refractivity contribution in [3.63, 3.8) is 0 Å². The van der Waals surface area contributed by atoms with Crippen molar-refractivity contribution in [2.75, 3.05) is 5.88 Å². The lowest BCUT2D eigenvalue weighted by molar-refractivity contribution is 0.617. The highest BCUT2D eigenvalue weighted by atomic mass is 35.5. The maximum atomic E-state index is 14.1. The molecule has 0 bridgehead atoms. The standard InChI is InChI=1S/C15H11Cl2FN2/c16-8-7-15-19-12-6-5-10(17)9-14(12)20(15)13-4-2-1-3-11(13)18/h1-6,9H,7-8H2. The Kier molecular flexibility index (Phi) is 3.64. The largest absolute Gasteiger partial charge is 0.293 e. The summed E-state index contributed by atoms with van der Waals surface area (Å²) in [5.74, 6) is 0.843. The molecule has 0 amide bonds. The number of imidazole rings is 1. The maximum Gasteiger partial charge on any atom is 0.147 e. The molecule has 3 aromatic rings. The van der Waals surface area contributed by atoms with E-state index in [-0.39, 0.29) is 5.82 Å². The average Bonchev–Trinajstić information content (AvgIpc) is 2.77. The van der Waals surface area contributed by atoms with Gasteiger partial charge in [0.05, 0.1) is 16.7 Å². The zero-order chi connectivity index (χ0) is 14.1. The van der Waals surface area contributed by atoms with Crippen LogP contribution >= 0.6 is 23.2 Å². The van der Waals surface area contributed by atoms with Crippen molar-refractivity contribution in [1.82, 2.24) is 9.55 Å². The molecule has 0 unspecified atom stereocenters. The van der Waals surface area contributed by atoms with Crippen molar-refractivity contribution in [2.24, 2.45) is 0 Å². The highest BCUT2D eigenvalue weighted by Gasteiger charge is 2.14. The minimum atomic E-state index is -0.303. The fourth-order valence-corrected chi connectivity index (χ4v) is 2.59. The predicted octanol–water partition coefficient (Wildman–Crippen LogP) is 4.60. The number of aryl methyl sites for hydroxylation is 1. The fourth-order valence-electron chi connectivity index (χ4n) is 2.25. The first kappa shape index (κ1) is 13.4. The number of hydrogen-bond acceptors (Lipinski definition) is 1. The molecule has 1 heterocycles. The van der Waals surface area contributed by atoms with Gasteiger partial charge < -0.3 is 0 Å². The van der Waals surface area contributed by atoms with Crippen LogP contribution in [0.25, 0.3) is 16.7 Å². The maximum absolute atomic E-state index is 14.1. The molecule has 3 rings (SSSR count). The normalized spacial score (nSPS) is 11.2. The van der Waals surface area contributed by atoms with E-state index >= 15 is 0 Å². The second-order valence-electron chi connectivity index (χ2n) is 4.39. The first-order valence-electron chi connectivity index (χ1n) is 6.18. The molecule has 0 spiro atoms. The lowest BCUT2D eigenvalue weighted by Crippen LogP contribution is -2.04. The van der Waals surface area contributed by atoms with E-state index in [4.69, 9.17) is 23.2 Å². The van der Waals surface area contributed by atoms with Gasteiger partial charge in [-0.1, -0.05) is 23.7 Å². The Bertz CT molecular complexity index is 768. The molecule has 1 aromatic heterocycles.